The maximum absolute atomic E-state index is 13.3. The molecule has 4 aromatic rings. The lowest BCUT2D eigenvalue weighted by Gasteiger charge is -2.18. The second-order valence-corrected chi connectivity index (χ2v) is 7.71. The van der Waals surface area contributed by atoms with Crippen molar-refractivity contribution in [2.45, 2.75) is 6.10 Å². The van der Waals surface area contributed by atoms with Gasteiger partial charge in [-0.05, 0) is 23.3 Å². The van der Waals surface area contributed by atoms with Gasteiger partial charge in [0.1, 0.15) is 6.10 Å². The van der Waals surface area contributed by atoms with Crippen LogP contribution in [-0.2, 0) is 14.1 Å². The minimum absolute atomic E-state index is 0.255. The van der Waals surface area contributed by atoms with Gasteiger partial charge in [0.15, 0.2) is 17.1 Å². The largest absolute Gasteiger partial charge is 0.493 e. The van der Waals surface area contributed by atoms with Gasteiger partial charge in [-0.3, -0.25) is 13.9 Å². The SMILES string of the molecule is COc1ccc(-c2c3c(nc4c2c(=O)n(C)c(=O)n4C)-c2ccccc2[C@H]3O)cc1OC. The maximum Gasteiger partial charge on any atom is 0.332 e. The normalized spacial score (nSPS) is 14.3. The number of benzene rings is 2. The molecule has 8 heteroatoms. The standard InChI is InChI=1S/C24H21N3O5/c1-26-22-19(23(29)27(2)24(26)30)17(12-9-10-15(31-3)16(11-12)32-4)18-20(25-22)13-7-5-6-8-14(13)21(18)28/h5-11,21,28H,1-4H3/t21-/m1/s1. The molecule has 2 heterocycles. The third-order valence-corrected chi connectivity index (χ3v) is 6.08. The molecule has 162 valence electrons. The highest BCUT2D eigenvalue weighted by atomic mass is 16.5. The van der Waals surface area contributed by atoms with Crippen LogP contribution < -0.4 is 20.7 Å². The van der Waals surface area contributed by atoms with E-state index >= 15 is 0 Å². The van der Waals surface area contributed by atoms with E-state index in [1.54, 1.807) is 32.4 Å². The van der Waals surface area contributed by atoms with E-state index in [2.05, 4.69) is 0 Å². The zero-order chi connectivity index (χ0) is 22.7. The van der Waals surface area contributed by atoms with E-state index in [1.807, 2.05) is 24.3 Å². The molecular formula is C24H21N3O5. The van der Waals surface area contributed by atoms with E-state index in [4.69, 9.17) is 14.5 Å². The molecule has 0 amide bonds. The first-order valence-corrected chi connectivity index (χ1v) is 10.0. The van der Waals surface area contributed by atoms with Crippen LogP contribution in [-0.4, -0.2) is 33.4 Å². The van der Waals surface area contributed by atoms with Crippen LogP contribution in [0, 0.1) is 0 Å². The summed E-state index contributed by atoms with van der Waals surface area (Å²) in [4.78, 5) is 30.7. The molecule has 0 unspecified atom stereocenters. The topological polar surface area (TPSA) is 95.6 Å². The number of pyridine rings is 1. The third-order valence-electron chi connectivity index (χ3n) is 6.08. The van der Waals surface area contributed by atoms with E-state index in [1.165, 1.54) is 18.7 Å². The lowest BCUT2D eigenvalue weighted by molar-refractivity contribution is 0.225. The fourth-order valence-corrected chi connectivity index (χ4v) is 4.47. The monoisotopic (exact) mass is 431 g/mol. The van der Waals surface area contributed by atoms with Gasteiger partial charge in [-0.2, -0.15) is 0 Å². The number of hydrogen-bond donors (Lipinski definition) is 1. The van der Waals surface area contributed by atoms with Gasteiger partial charge in [0.05, 0.1) is 25.3 Å². The number of ether oxygens (including phenoxy) is 2. The Balaban J connectivity index is 2.01. The van der Waals surface area contributed by atoms with Crippen LogP contribution in [0.1, 0.15) is 17.2 Å². The fourth-order valence-electron chi connectivity index (χ4n) is 4.47. The number of nitrogens with zero attached hydrogens (tertiary/aromatic N) is 3. The molecule has 0 spiro atoms. The Labute approximate surface area is 182 Å². The second-order valence-electron chi connectivity index (χ2n) is 7.71. The van der Waals surface area contributed by atoms with Gasteiger partial charge in [0, 0.05) is 30.8 Å². The molecule has 0 saturated carbocycles. The van der Waals surface area contributed by atoms with Crippen molar-refractivity contribution in [2.24, 2.45) is 14.1 Å². The molecule has 0 aliphatic heterocycles. The third kappa shape index (κ3) is 2.56. The lowest BCUT2D eigenvalue weighted by Crippen LogP contribution is -2.37. The zero-order valence-corrected chi connectivity index (χ0v) is 18.0. The van der Waals surface area contributed by atoms with Crippen molar-refractivity contribution in [1.82, 2.24) is 14.1 Å². The molecule has 0 saturated heterocycles. The first kappa shape index (κ1) is 20.0. The van der Waals surface area contributed by atoms with Gasteiger partial charge in [0.2, 0.25) is 0 Å². The number of aliphatic hydroxyl groups is 1. The van der Waals surface area contributed by atoms with Crippen LogP contribution in [0.25, 0.3) is 33.4 Å². The molecule has 8 nitrogen and oxygen atoms in total. The number of fused-ring (bicyclic) bond motifs is 4. The Bertz CT molecular complexity index is 1530. The summed E-state index contributed by atoms with van der Waals surface area (Å²) in [6, 6.07) is 12.7. The Morgan fingerprint density at radius 3 is 2.41 bits per heavy atom. The predicted molar refractivity (Wildman–Crippen MR) is 120 cm³/mol. The van der Waals surface area contributed by atoms with E-state index in [0.29, 0.717) is 39.4 Å². The van der Waals surface area contributed by atoms with Crippen molar-refractivity contribution >= 4 is 11.0 Å². The first-order valence-electron chi connectivity index (χ1n) is 10.0. The van der Waals surface area contributed by atoms with Crippen LogP contribution in [0.2, 0.25) is 0 Å². The smallest absolute Gasteiger partial charge is 0.332 e. The number of aliphatic hydroxyl groups excluding tert-OH is 1. The fraction of sp³-hybridized carbons (Fsp3) is 0.208. The number of rotatable bonds is 3. The summed E-state index contributed by atoms with van der Waals surface area (Å²) < 4.78 is 13.2. The Morgan fingerprint density at radius 1 is 0.969 bits per heavy atom. The van der Waals surface area contributed by atoms with Crippen LogP contribution in [0.15, 0.2) is 52.1 Å². The molecule has 2 aromatic carbocycles. The molecule has 0 fully saturated rings. The lowest BCUT2D eigenvalue weighted by atomic mass is 9.94. The Kier molecular flexibility index (Phi) is 4.42. The van der Waals surface area contributed by atoms with Gasteiger partial charge in [-0.25, -0.2) is 9.78 Å². The summed E-state index contributed by atoms with van der Waals surface area (Å²) in [5, 5.41) is 11.5. The summed E-state index contributed by atoms with van der Waals surface area (Å²) in [7, 11) is 6.09. The Morgan fingerprint density at radius 2 is 1.69 bits per heavy atom. The van der Waals surface area contributed by atoms with Gasteiger partial charge in [-0.1, -0.05) is 30.3 Å². The molecule has 5 rings (SSSR count). The number of hydrogen-bond acceptors (Lipinski definition) is 6. The molecular weight excluding hydrogens is 410 g/mol. The van der Waals surface area contributed by atoms with Crippen LogP contribution in [0.4, 0.5) is 0 Å². The van der Waals surface area contributed by atoms with E-state index in [-0.39, 0.29) is 11.0 Å². The highest BCUT2D eigenvalue weighted by Gasteiger charge is 2.34. The molecule has 1 N–H and O–H groups in total. The molecule has 1 aliphatic carbocycles. The zero-order valence-electron chi connectivity index (χ0n) is 18.0. The Hall–Kier alpha value is -3.91. The number of aromatic nitrogens is 3. The molecule has 1 aliphatic rings. The summed E-state index contributed by atoms with van der Waals surface area (Å²) in [6.45, 7) is 0. The van der Waals surface area contributed by atoms with E-state index in [0.717, 1.165) is 10.1 Å². The molecule has 0 radical (unpaired) electrons. The van der Waals surface area contributed by atoms with Gasteiger partial charge >= 0.3 is 5.69 Å². The van der Waals surface area contributed by atoms with Crippen molar-refractivity contribution in [1.29, 1.82) is 0 Å². The number of methoxy groups -OCH3 is 2. The van der Waals surface area contributed by atoms with Gasteiger partial charge < -0.3 is 14.6 Å². The van der Waals surface area contributed by atoms with Crippen LogP contribution >= 0.6 is 0 Å². The minimum Gasteiger partial charge on any atom is -0.493 e. The minimum atomic E-state index is -0.969. The highest BCUT2D eigenvalue weighted by Crippen LogP contribution is 2.49. The molecule has 32 heavy (non-hydrogen) atoms. The molecule has 2 aromatic heterocycles. The summed E-state index contributed by atoms with van der Waals surface area (Å²) in [5.74, 6) is 1.02. The van der Waals surface area contributed by atoms with Gasteiger partial charge in [0.25, 0.3) is 5.56 Å². The highest BCUT2D eigenvalue weighted by molar-refractivity contribution is 6.00. The predicted octanol–water partition coefficient (Wildman–Crippen LogP) is 2.38. The average molecular weight is 431 g/mol. The van der Waals surface area contributed by atoms with Crippen molar-refractivity contribution < 1.29 is 14.6 Å². The second kappa shape index (κ2) is 7.06. The summed E-state index contributed by atoms with van der Waals surface area (Å²) in [6.07, 6.45) is -0.969. The van der Waals surface area contributed by atoms with Gasteiger partial charge in [-0.15, -0.1) is 0 Å². The van der Waals surface area contributed by atoms with E-state index < -0.39 is 17.4 Å². The molecule has 0 bridgehead atoms. The first-order chi connectivity index (χ1) is 15.4. The van der Waals surface area contributed by atoms with Crippen molar-refractivity contribution in [3.8, 4) is 33.9 Å². The van der Waals surface area contributed by atoms with Crippen molar-refractivity contribution in [2.75, 3.05) is 14.2 Å². The average Bonchev–Trinajstić information content (AvgIpc) is 3.11. The summed E-state index contributed by atoms with van der Waals surface area (Å²) >= 11 is 0. The molecule has 1 atom stereocenters. The van der Waals surface area contributed by atoms with Crippen molar-refractivity contribution in [3.63, 3.8) is 0 Å². The quantitative estimate of drug-likeness (QED) is 0.535. The van der Waals surface area contributed by atoms with Crippen LogP contribution in [0.3, 0.4) is 0 Å². The maximum atomic E-state index is 13.3. The number of aryl methyl sites for hydroxylation is 1. The van der Waals surface area contributed by atoms with E-state index in [9.17, 15) is 14.7 Å². The summed E-state index contributed by atoms with van der Waals surface area (Å²) in [5.41, 5.74) is 3.02. The van der Waals surface area contributed by atoms with Crippen LogP contribution in [0.5, 0.6) is 11.5 Å². The van der Waals surface area contributed by atoms with Crippen molar-refractivity contribution in [3.05, 3.63) is 74.4 Å².